The zero-order valence-electron chi connectivity index (χ0n) is 8.81. The van der Waals surface area contributed by atoms with Gasteiger partial charge in [0.2, 0.25) is 0 Å². The van der Waals surface area contributed by atoms with Crippen LogP contribution in [0, 0.1) is 0 Å². The van der Waals surface area contributed by atoms with E-state index < -0.39 is 0 Å². The summed E-state index contributed by atoms with van der Waals surface area (Å²) in [6.07, 6.45) is 1.83. The Labute approximate surface area is 85.6 Å². The third-order valence-electron chi connectivity index (χ3n) is 2.01. The molecule has 2 nitrogen and oxygen atoms in total. The van der Waals surface area contributed by atoms with E-state index in [4.69, 9.17) is 4.74 Å². The summed E-state index contributed by atoms with van der Waals surface area (Å²) in [6, 6.07) is 10.5. The van der Waals surface area contributed by atoms with Crippen molar-refractivity contribution in [1.82, 2.24) is 0 Å². The Hall–Kier alpha value is -1.15. The van der Waals surface area contributed by atoms with E-state index in [-0.39, 0.29) is 6.04 Å². The summed E-state index contributed by atoms with van der Waals surface area (Å²) in [6.45, 7) is 5.41. The Balaban J connectivity index is 2.42. The lowest BCUT2D eigenvalue weighted by molar-refractivity contribution is 0.190. The Morgan fingerprint density at radius 1 is 1.36 bits per heavy atom. The van der Waals surface area contributed by atoms with E-state index in [1.54, 1.807) is 0 Å². The minimum atomic E-state index is 0.219. The van der Waals surface area contributed by atoms with Crippen LogP contribution < -0.4 is 0 Å². The monoisotopic (exact) mass is 191 g/mol. The van der Waals surface area contributed by atoms with E-state index in [0.29, 0.717) is 6.61 Å². The molecule has 0 heterocycles. The minimum absolute atomic E-state index is 0.219. The molecule has 0 aliphatic carbocycles. The Bertz CT molecular complexity index is 269. The van der Waals surface area contributed by atoms with Gasteiger partial charge in [-0.05, 0) is 19.4 Å². The van der Waals surface area contributed by atoms with Crippen LogP contribution in [0.2, 0.25) is 0 Å². The lowest BCUT2D eigenvalue weighted by Gasteiger charge is -2.05. The molecule has 14 heavy (non-hydrogen) atoms. The summed E-state index contributed by atoms with van der Waals surface area (Å²) < 4.78 is 5.17. The van der Waals surface area contributed by atoms with Crippen LogP contribution in [0.3, 0.4) is 0 Å². The Morgan fingerprint density at radius 2 is 2.07 bits per heavy atom. The number of hydrogen-bond acceptors (Lipinski definition) is 2. The fourth-order valence-electron chi connectivity index (χ4n) is 1.19. The van der Waals surface area contributed by atoms with Gasteiger partial charge in [-0.3, -0.25) is 4.99 Å². The predicted octanol–water partition coefficient (Wildman–Crippen LogP) is 2.85. The minimum Gasteiger partial charge on any atom is -0.376 e. The topological polar surface area (TPSA) is 21.6 Å². The number of hydrogen-bond donors (Lipinski definition) is 0. The van der Waals surface area contributed by atoms with E-state index in [9.17, 15) is 0 Å². The number of benzene rings is 1. The SMILES string of the molecule is CCOC/C=N/C(C)c1ccccc1. The molecule has 1 rings (SSSR count). The van der Waals surface area contributed by atoms with Crippen LogP contribution in [0.5, 0.6) is 0 Å². The van der Waals surface area contributed by atoms with Gasteiger partial charge in [-0.25, -0.2) is 0 Å². The maximum Gasteiger partial charge on any atom is 0.0814 e. The van der Waals surface area contributed by atoms with Crippen molar-refractivity contribution in [1.29, 1.82) is 0 Å². The lowest BCUT2D eigenvalue weighted by Crippen LogP contribution is -1.96. The third kappa shape index (κ3) is 3.71. The standard InChI is InChI=1S/C12H17NO/c1-3-14-10-9-13-11(2)12-7-5-4-6-8-12/h4-9,11H,3,10H2,1-2H3/b13-9+. The summed E-state index contributed by atoms with van der Waals surface area (Å²) in [5.74, 6) is 0. The molecule has 0 radical (unpaired) electrons. The van der Waals surface area contributed by atoms with Crippen LogP contribution in [-0.2, 0) is 4.74 Å². The van der Waals surface area contributed by atoms with Crippen LogP contribution in [0.25, 0.3) is 0 Å². The average Bonchev–Trinajstić information content (AvgIpc) is 2.25. The molecule has 0 fully saturated rings. The normalized spacial score (nSPS) is 13.3. The second-order valence-corrected chi connectivity index (χ2v) is 3.08. The fraction of sp³-hybridized carbons (Fsp3) is 0.417. The number of nitrogens with zero attached hydrogens (tertiary/aromatic N) is 1. The molecule has 76 valence electrons. The number of rotatable bonds is 5. The van der Waals surface area contributed by atoms with Crippen molar-refractivity contribution in [2.45, 2.75) is 19.9 Å². The van der Waals surface area contributed by atoms with Gasteiger partial charge in [0.1, 0.15) is 0 Å². The smallest absolute Gasteiger partial charge is 0.0814 e. The molecule has 0 aromatic heterocycles. The highest BCUT2D eigenvalue weighted by molar-refractivity contribution is 5.59. The molecule has 0 saturated carbocycles. The molecule has 0 bridgehead atoms. The van der Waals surface area contributed by atoms with Gasteiger partial charge < -0.3 is 4.74 Å². The highest BCUT2D eigenvalue weighted by Gasteiger charge is 1.99. The van der Waals surface area contributed by atoms with Gasteiger partial charge in [-0.2, -0.15) is 0 Å². The number of ether oxygens (including phenoxy) is 1. The average molecular weight is 191 g/mol. The molecule has 1 unspecified atom stereocenters. The van der Waals surface area contributed by atoms with E-state index in [0.717, 1.165) is 6.61 Å². The van der Waals surface area contributed by atoms with Crippen molar-refractivity contribution >= 4 is 6.21 Å². The zero-order valence-corrected chi connectivity index (χ0v) is 8.81. The van der Waals surface area contributed by atoms with E-state index in [2.05, 4.69) is 24.0 Å². The summed E-state index contributed by atoms with van der Waals surface area (Å²) in [5.41, 5.74) is 1.24. The van der Waals surface area contributed by atoms with Crippen molar-refractivity contribution < 1.29 is 4.74 Å². The van der Waals surface area contributed by atoms with E-state index in [1.807, 2.05) is 31.3 Å². The van der Waals surface area contributed by atoms with E-state index in [1.165, 1.54) is 5.56 Å². The molecular formula is C12H17NO. The fourth-order valence-corrected chi connectivity index (χ4v) is 1.19. The quantitative estimate of drug-likeness (QED) is 0.518. The summed E-state index contributed by atoms with van der Waals surface area (Å²) in [5, 5.41) is 0. The van der Waals surface area contributed by atoms with Crippen molar-refractivity contribution in [3.05, 3.63) is 35.9 Å². The molecular weight excluding hydrogens is 174 g/mol. The Kier molecular flexibility index (Phi) is 4.94. The van der Waals surface area contributed by atoms with Crippen LogP contribution in [-0.4, -0.2) is 19.4 Å². The van der Waals surface area contributed by atoms with Crippen molar-refractivity contribution in [3.63, 3.8) is 0 Å². The zero-order chi connectivity index (χ0) is 10.2. The molecule has 1 atom stereocenters. The molecule has 0 aliphatic heterocycles. The van der Waals surface area contributed by atoms with Gasteiger partial charge in [-0.15, -0.1) is 0 Å². The molecule has 1 aromatic carbocycles. The van der Waals surface area contributed by atoms with Crippen LogP contribution >= 0.6 is 0 Å². The molecule has 0 spiro atoms. The second-order valence-electron chi connectivity index (χ2n) is 3.08. The molecule has 0 amide bonds. The summed E-state index contributed by atoms with van der Waals surface area (Å²) in [7, 11) is 0. The third-order valence-corrected chi connectivity index (χ3v) is 2.01. The van der Waals surface area contributed by atoms with Gasteiger partial charge in [-0.1, -0.05) is 30.3 Å². The first kappa shape index (κ1) is 10.9. The van der Waals surface area contributed by atoms with Gasteiger partial charge in [0.25, 0.3) is 0 Å². The maximum absolute atomic E-state index is 5.17. The van der Waals surface area contributed by atoms with Gasteiger partial charge >= 0.3 is 0 Å². The predicted molar refractivity (Wildman–Crippen MR) is 59.8 cm³/mol. The second kappa shape index (κ2) is 6.33. The van der Waals surface area contributed by atoms with E-state index >= 15 is 0 Å². The molecule has 2 heteroatoms. The first-order valence-corrected chi connectivity index (χ1v) is 4.99. The van der Waals surface area contributed by atoms with Crippen LogP contribution in [0.15, 0.2) is 35.3 Å². The first-order valence-electron chi connectivity index (χ1n) is 4.99. The molecule has 0 N–H and O–H groups in total. The van der Waals surface area contributed by atoms with Crippen molar-refractivity contribution in [3.8, 4) is 0 Å². The summed E-state index contributed by atoms with van der Waals surface area (Å²) in [4.78, 5) is 4.38. The molecule has 0 saturated heterocycles. The molecule has 1 aromatic rings. The van der Waals surface area contributed by atoms with Crippen molar-refractivity contribution in [2.24, 2.45) is 4.99 Å². The van der Waals surface area contributed by atoms with Crippen LogP contribution in [0.1, 0.15) is 25.5 Å². The largest absolute Gasteiger partial charge is 0.376 e. The first-order chi connectivity index (χ1) is 6.84. The van der Waals surface area contributed by atoms with Crippen molar-refractivity contribution in [2.75, 3.05) is 13.2 Å². The lowest BCUT2D eigenvalue weighted by atomic mass is 10.1. The summed E-state index contributed by atoms with van der Waals surface area (Å²) >= 11 is 0. The van der Waals surface area contributed by atoms with Gasteiger partial charge in [0, 0.05) is 12.8 Å². The molecule has 0 aliphatic rings. The highest BCUT2D eigenvalue weighted by Crippen LogP contribution is 2.14. The maximum atomic E-state index is 5.17. The Morgan fingerprint density at radius 3 is 2.71 bits per heavy atom. The number of aliphatic imine (C=N–C) groups is 1. The van der Waals surface area contributed by atoms with Gasteiger partial charge in [0.15, 0.2) is 0 Å². The van der Waals surface area contributed by atoms with Crippen LogP contribution in [0.4, 0.5) is 0 Å². The highest BCUT2D eigenvalue weighted by atomic mass is 16.5. The van der Waals surface area contributed by atoms with Gasteiger partial charge in [0.05, 0.1) is 12.6 Å².